The highest BCUT2D eigenvalue weighted by Crippen LogP contribution is 2.17. The van der Waals surface area contributed by atoms with E-state index >= 15 is 0 Å². The van der Waals surface area contributed by atoms with Gasteiger partial charge in [0.2, 0.25) is 0 Å². The fourth-order valence-electron chi connectivity index (χ4n) is 3.18. The average Bonchev–Trinajstić information content (AvgIpc) is 2.64. The summed E-state index contributed by atoms with van der Waals surface area (Å²) in [6.07, 6.45) is 5.83. The Hall–Kier alpha value is -2.19. The number of hydrogen-bond donors (Lipinski definition) is 0. The van der Waals surface area contributed by atoms with E-state index in [1.807, 2.05) is 30.3 Å². The maximum absolute atomic E-state index is 13.0. The number of nitrogens with zero attached hydrogens (tertiary/aromatic N) is 1. The predicted octanol–water partition coefficient (Wildman–Crippen LogP) is 4.75. The van der Waals surface area contributed by atoms with E-state index in [9.17, 15) is 4.79 Å². The smallest absolute Gasteiger partial charge is 0.190 e. The van der Waals surface area contributed by atoms with E-state index in [4.69, 9.17) is 0 Å². The fraction of sp³-hybridized carbons (Fsp3) is 0.318. The monoisotopic (exact) mass is 319 g/mol. The largest absolute Gasteiger partial charge is 0.299 e. The Morgan fingerprint density at radius 1 is 0.958 bits per heavy atom. The second-order valence-corrected chi connectivity index (χ2v) is 6.61. The molecular weight excluding hydrogens is 294 g/mol. The number of likely N-dealkylation sites (tertiary alicyclic amines) is 1. The van der Waals surface area contributed by atoms with Crippen LogP contribution in [0.15, 0.2) is 60.2 Å². The standard InChI is InChI=1S/C22H25NO/c1-18-10-12-19(13-11-18)16-21(17-23-14-6-3-7-15-23)22(24)20-8-4-2-5-9-20/h2,4-5,8-13,16H,3,6-7,14-15,17H2,1H3/b21-16+. The Morgan fingerprint density at radius 2 is 1.62 bits per heavy atom. The Bertz CT molecular complexity index is 695. The molecule has 1 aliphatic rings. The lowest BCUT2D eigenvalue weighted by Gasteiger charge is -2.27. The molecule has 2 aromatic rings. The molecule has 2 aromatic carbocycles. The van der Waals surface area contributed by atoms with Crippen molar-refractivity contribution >= 4 is 11.9 Å². The molecule has 24 heavy (non-hydrogen) atoms. The molecule has 2 heteroatoms. The van der Waals surface area contributed by atoms with Crippen molar-refractivity contribution in [1.82, 2.24) is 4.90 Å². The lowest BCUT2D eigenvalue weighted by Crippen LogP contribution is -2.33. The van der Waals surface area contributed by atoms with Gasteiger partial charge in [0.1, 0.15) is 0 Å². The molecule has 0 bridgehead atoms. The summed E-state index contributed by atoms with van der Waals surface area (Å²) >= 11 is 0. The molecule has 1 saturated heterocycles. The van der Waals surface area contributed by atoms with Crippen molar-refractivity contribution in [3.63, 3.8) is 0 Å². The zero-order chi connectivity index (χ0) is 16.8. The number of piperidine rings is 1. The summed E-state index contributed by atoms with van der Waals surface area (Å²) in [6, 6.07) is 18.0. The SMILES string of the molecule is Cc1ccc(/C=C(\CN2CCCCC2)C(=O)c2ccccc2)cc1. The van der Waals surface area contributed by atoms with Crippen molar-refractivity contribution < 1.29 is 4.79 Å². The Labute approximate surface area is 144 Å². The van der Waals surface area contributed by atoms with Crippen molar-refractivity contribution in [1.29, 1.82) is 0 Å². The van der Waals surface area contributed by atoms with E-state index in [2.05, 4.69) is 42.2 Å². The lowest BCUT2D eigenvalue weighted by atomic mass is 9.99. The van der Waals surface area contributed by atoms with Crippen molar-refractivity contribution in [2.45, 2.75) is 26.2 Å². The van der Waals surface area contributed by atoms with Crippen LogP contribution in [0.2, 0.25) is 0 Å². The summed E-state index contributed by atoms with van der Waals surface area (Å²) < 4.78 is 0. The molecule has 0 atom stereocenters. The second-order valence-electron chi connectivity index (χ2n) is 6.61. The molecule has 3 rings (SSSR count). The topological polar surface area (TPSA) is 20.3 Å². The molecule has 0 aromatic heterocycles. The quantitative estimate of drug-likeness (QED) is 0.585. The number of carbonyl (C=O) groups excluding carboxylic acids is 1. The van der Waals surface area contributed by atoms with Crippen molar-refractivity contribution in [2.24, 2.45) is 0 Å². The molecule has 0 saturated carbocycles. The van der Waals surface area contributed by atoms with Gasteiger partial charge in [0.15, 0.2) is 5.78 Å². The normalized spacial score (nSPS) is 16.1. The van der Waals surface area contributed by atoms with Gasteiger partial charge in [-0.1, -0.05) is 66.6 Å². The van der Waals surface area contributed by atoms with Crippen LogP contribution in [0.25, 0.3) is 6.08 Å². The number of carbonyl (C=O) groups is 1. The third-order valence-electron chi connectivity index (χ3n) is 4.59. The van der Waals surface area contributed by atoms with Gasteiger partial charge in [0.25, 0.3) is 0 Å². The first-order valence-electron chi connectivity index (χ1n) is 8.82. The molecule has 0 N–H and O–H groups in total. The highest BCUT2D eigenvalue weighted by Gasteiger charge is 2.17. The molecule has 0 spiro atoms. The molecule has 0 aliphatic carbocycles. The van der Waals surface area contributed by atoms with E-state index in [0.29, 0.717) is 0 Å². The fourth-order valence-corrected chi connectivity index (χ4v) is 3.18. The number of aryl methyl sites for hydroxylation is 1. The first kappa shape index (κ1) is 16.7. The van der Waals surface area contributed by atoms with Crippen LogP contribution in [-0.2, 0) is 0 Å². The molecule has 124 valence electrons. The second kappa shape index (κ2) is 8.07. The van der Waals surface area contributed by atoms with Gasteiger partial charge in [-0.3, -0.25) is 9.69 Å². The number of Topliss-reactive ketones (excluding diaryl/α,β-unsaturated/α-hetero) is 1. The van der Waals surface area contributed by atoms with Gasteiger partial charge in [-0.15, -0.1) is 0 Å². The van der Waals surface area contributed by atoms with Gasteiger partial charge < -0.3 is 0 Å². The molecule has 1 heterocycles. The van der Waals surface area contributed by atoms with Crippen molar-refractivity contribution in [3.05, 3.63) is 76.9 Å². The van der Waals surface area contributed by atoms with Crippen molar-refractivity contribution in [2.75, 3.05) is 19.6 Å². The Kier molecular flexibility index (Phi) is 5.60. The first-order valence-corrected chi connectivity index (χ1v) is 8.82. The van der Waals surface area contributed by atoms with E-state index in [1.165, 1.54) is 24.8 Å². The van der Waals surface area contributed by atoms with Crippen LogP contribution in [0, 0.1) is 6.92 Å². The molecule has 0 amide bonds. The molecule has 0 radical (unpaired) electrons. The maximum Gasteiger partial charge on any atom is 0.190 e. The molecule has 1 aliphatic heterocycles. The van der Waals surface area contributed by atoms with E-state index in [0.717, 1.165) is 36.3 Å². The van der Waals surface area contributed by atoms with Crippen LogP contribution < -0.4 is 0 Å². The summed E-state index contributed by atoms with van der Waals surface area (Å²) in [4.78, 5) is 15.4. The Balaban J connectivity index is 1.87. The van der Waals surface area contributed by atoms with E-state index in [-0.39, 0.29) is 5.78 Å². The van der Waals surface area contributed by atoms with E-state index < -0.39 is 0 Å². The summed E-state index contributed by atoms with van der Waals surface area (Å²) in [5, 5.41) is 0. The zero-order valence-electron chi connectivity index (χ0n) is 14.4. The summed E-state index contributed by atoms with van der Waals surface area (Å²) in [6.45, 7) is 5.00. The van der Waals surface area contributed by atoms with Gasteiger partial charge in [-0.2, -0.15) is 0 Å². The summed E-state index contributed by atoms with van der Waals surface area (Å²) in [7, 11) is 0. The summed E-state index contributed by atoms with van der Waals surface area (Å²) in [5.74, 6) is 0.141. The molecule has 1 fully saturated rings. The van der Waals surface area contributed by atoms with Crippen molar-refractivity contribution in [3.8, 4) is 0 Å². The van der Waals surface area contributed by atoms with Crippen LogP contribution in [0.4, 0.5) is 0 Å². The van der Waals surface area contributed by atoms with Crippen LogP contribution in [0.1, 0.15) is 40.7 Å². The van der Waals surface area contributed by atoms with Gasteiger partial charge in [-0.05, 0) is 44.5 Å². The average molecular weight is 319 g/mol. The van der Waals surface area contributed by atoms with Crippen LogP contribution in [0.5, 0.6) is 0 Å². The molecule has 0 unspecified atom stereocenters. The van der Waals surface area contributed by atoms with Gasteiger partial charge in [0, 0.05) is 17.7 Å². The molecular formula is C22H25NO. The van der Waals surface area contributed by atoms with Gasteiger partial charge in [-0.25, -0.2) is 0 Å². The summed E-state index contributed by atoms with van der Waals surface area (Å²) in [5.41, 5.74) is 3.98. The highest BCUT2D eigenvalue weighted by molar-refractivity contribution is 6.11. The van der Waals surface area contributed by atoms with Crippen LogP contribution >= 0.6 is 0 Å². The number of rotatable bonds is 5. The lowest BCUT2D eigenvalue weighted by molar-refractivity contribution is 0.102. The third kappa shape index (κ3) is 4.42. The van der Waals surface area contributed by atoms with Crippen LogP contribution in [0.3, 0.4) is 0 Å². The number of hydrogen-bond acceptors (Lipinski definition) is 2. The number of ketones is 1. The minimum Gasteiger partial charge on any atom is -0.299 e. The minimum atomic E-state index is 0.141. The van der Waals surface area contributed by atoms with Gasteiger partial charge >= 0.3 is 0 Å². The van der Waals surface area contributed by atoms with Gasteiger partial charge in [0.05, 0.1) is 0 Å². The zero-order valence-corrected chi connectivity index (χ0v) is 14.4. The highest BCUT2D eigenvalue weighted by atomic mass is 16.1. The third-order valence-corrected chi connectivity index (χ3v) is 4.59. The maximum atomic E-state index is 13.0. The van der Waals surface area contributed by atoms with E-state index in [1.54, 1.807) is 0 Å². The Morgan fingerprint density at radius 3 is 2.29 bits per heavy atom. The first-order chi connectivity index (χ1) is 11.7. The molecule has 2 nitrogen and oxygen atoms in total. The predicted molar refractivity (Wildman–Crippen MR) is 100 cm³/mol. The van der Waals surface area contributed by atoms with Crippen LogP contribution in [-0.4, -0.2) is 30.3 Å². The minimum absolute atomic E-state index is 0.141. The number of benzene rings is 2.